The smallest absolute Gasteiger partial charge is 0.155 e. The van der Waals surface area contributed by atoms with Gasteiger partial charge < -0.3 is 9.84 Å². The number of benzene rings is 3. The quantitative estimate of drug-likeness (QED) is 0.644. The Morgan fingerprint density at radius 3 is 2.21 bits per heavy atom. The van der Waals surface area contributed by atoms with Gasteiger partial charge in [-0.1, -0.05) is 78.9 Å². The average Bonchev–Trinajstić information content (AvgIpc) is 2.75. The van der Waals surface area contributed by atoms with E-state index in [4.69, 9.17) is 10.1 Å². The van der Waals surface area contributed by atoms with Crippen LogP contribution in [0.25, 0.3) is 16.7 Å². The van der Waals surface area contributed by atoms with Gasteiger partial charge >= 0.3 is 0 Å². The topological polar surface area (TPSA) is 65.7 Å². The minimum absolute atomic E-state index is 0.0149. The lowest BCUT2D eigenvalue weighted by atomic mass is 9.95. The van der Waals surface area contributed by atoms with Crippen LogP contribution in [0.5, 0.6) is 0 Å². The van der Waals surface area contributed by atoms with Crippen LogP contribution in [0.2, 0.25) is 0 Å². The molecule has 1 unspecified atom stereocenters. The molecule has 138 valence electrons. The van der Waals surface area contributed by atoms with Gasteiger partial charge in [-0.15, -0.1) is 0 Å². The van der Waals surface area contributed by atoms with Crippen molar-refractivity contribution in [3.05, 3.63) is 102 Å². The van der Waals surface area contributed by atoms with Crippen LogP contribution in [0.15, 0.2) is 95.7 Å². The van der Waals surface area contributed by atoms with Gasteiger partial charge in [0, 0.05) is 6.21 Å². The van der Waals surface area contributed by atoms with Crippen LogP contribution in [-0.2, 0) is 11.3 Å². The molecule has 4 nitrogen and oxygen atoms in total. The van der Waals surface area contributed by atoms with E-state index in [0.717, 1.165) is 22.3 Å². The van der Waals surface area contributed by atoms with Crippen LogP contribution in [0.3, 0.4) is 0 Å². The molecule has 1 heterocycles. The molecule has 1 aliphatic rings. The van der Waals surface area contributed by atoms with Crippen LogP contribution in [0.1, 0.15) is 11.1 Å². The molecule has 2 N–H and O–H groups in total. The standard InChI is InChI=1S/C24H20N2O2/c25-24-22(20-13-7-12-19(14-20)18-10-5-2-6-11-18)23(27)21(15-26-24)28-16-17-8-3-1-4-9-17/h1-15,21,25,27H,16H2. The Bertz CT molecular complexity index is 1040. The first kappa shape index (κ1) is 17.9. The minimum Gasteiger partial charge on any atom is -0.508 e. The van der Waals surface area contributed by atoms with E-state index < -0.39 is 6.10 Å². The summed E-state index contributed by atoms with van der Waals surface area (Å²) in [6, 6.07) is 27.5. The Balaban J connectivity index is 1.63. The third kappa shape index (κ3) is 3.77. The van der Waals surface area contributed by atoms with E-state index >= 15 is 0 Å². The third-order valence-electron chi connectivity index (χ3n) is 4.63. The molecule has 1 aliphatic heterocycles. The molecule has 0 bridgehead atoms. The SMILES string of the molecule is N=C1N=CC(OCc2ccccc2)C(O)=C1c1cccc(-c2ccccc2)c1. The molecule has 3 aromatic carbocycles. The molecule has 0 fully saturated rings. The summed E-state index contributed by atoms with van der Waals surface area (Å²) in [6.45, 7) is 0.353. The highest BCUT2D eigenvalue weighted by Crippen LogP contribution is 2.29. The van der Waals surface area contributed by atoms with Crippen molar-refractivity contribution in [2.24, 2.45) is 4.99 Å². The maximum absolute atomic E-state index is 10.8. The van der Waals surface area contributed by atoms with Gasteiger partial charge in [-0.2, -0.15) is 0 Å². The second-order valence-corrected chi connectivity index (χ2v) is 6.55. The van der Waals surface area contributed by atoms with E-state index in [9.17, 15) is 5.11 Å². The summed E-state index contributed by atoms with van der Waals surface area (Å²) in [5, 5.41) is 19.0. The van der Waals surface area contributed by atoms with Crippen molar-refractivity contribution >= 4 is 17.6 Å². The highest BCUT2D eigenvalue weighted by Gasteiger charge is 2.25. The van der Waals surface area contributed by atoms with Crippen molar-refractivity contribution in [1.29, 1.82) is 5.41 Å². The fraction of sp³-hybridized carbons (Fsp3) is 0.0833. The molecular weight excluding hydrogens is 348 g/mol. The molecular formula is C24H20N2O2. The van der Waals surface area contributed by atoms with Crippen LogP contribution < -0.4 is 0 Å². The largest absolute Gasteiger partial charge is 0.508 e. The first-order valence-electron chi connectivity index (χ1n) is 9.10. The molecule has 0 saturated carbocycles. The number of dihydropyridines is 1. The Labute approximate surface area is 164 Å². The summed E-state index contributed by atoms with van der Waals surface area (Å²) in [7, 11) is 0. The Hall–Kier alpha value is -3.50. The van der Waals surface area contributed by atoms with Gasteiger partial charge in [0.05, 0.1) is 12.2 Å². The lowest BCUT2D eigenvalue weighted by Crippen LogP contribution is -2.25. The number of aliphatic hydroxyl groups is 1. The van der Waals surface area contributed by atoms with E-state index in [1.54, 1.807) is 0 Å². The van der Waals surface area contributed by atoms with Crippen molar-refractivity contribution < 1.29 is 9.84 Å². The van der Waals surface area contributed by atoms with E-state index in [0.29, 0.717) is 12.2 Å². The van der Waals surface area contributed by atoms with Crippen LogP contribution in [-0.4, -0.2) is 23.3 Å². The second-order valence-electron chi connectivity index (χ2n) is 6.55. The molecule has 0 spiro atoms. The minimum atomic E-state index is -0.676. The molecule has 1 atom stereocenters. The lowest BCUT2D eigenvalue weighted by Gasteiger charge is -2.21. The number of rotatable bonds is 5. The molecule has 0 aliphatic carbocycles. The predicted molar refractivity (Wildman–Crippen MR) is 113 cm³/mol. The second kappa shape index (κ2) is 8.03. The van der Waals surface area contributed by atoms with E-state index in [1.165, 1.54) is 6.21 Å². The number of hydrogen-bond acceptors (Lipinski definition) is 3. The number of nitrogens with zero attached hydrogens (tertiary/aromatic N) is 1. The van der Waals surface area contributed by atoms with E-state index in [2.05, 4.69) is 4.99 Å². The number of amidine groups is 1. The number of aliphatic imine (C=N–C) groups is 1. The first-order valence-corrected chi connectivity index (χ1v) is 9.10. The Kier molecular flexibility index (Phi) is 5.13. The molecule has 0 aromatic heterocycles. The zero-order valence-electron chi connectivity index (χ0n) is 15.2. The van der Waals surface area contributed by atoms with Crippen molar-refractivity contribution in [2.45, 2.75) is 12.7 Å². The van der Waals surface area contributed by atoms with Crippen molar-refractivity contribution in [1.82, 2.24) is 0 Å². The highest BCUT2D eigenvalue weighted by atomic mass is 16.5. The summed E-state index contributed by atoms with van der Waals surface area (Å²) in [5.74, 6) is 0.0448. The number of nitrogens with one attached hydrogen (secondary N) is 1. The zero-order chi connectivity index (χ0) is 19.3. The highest BCUT2D eigenvalue weighted by molar-refractivity contribution is 6.26. The fourth-order valence-electron chi connectivity index (χ4n) is 3.19. The molecule has 0 saturated heterocycles. The number of aliphatic hydroxyl groups excluding tert-OH is 1. The van der Waals surface area contributed by atoms with Gasteiger partial charge in [0.25, 0.3) is 0 Å². The van der Waals surface area contributed by atoms with Gasteiger partial charge in [-0.25, -0.2) is 4.99 Å². The molecule has 4 heteroatoms. The summed E-state index contributed by atoms with van der Waals surface area (Å²) < 4.78 is 5.84. The van der Waals surface area contributed by atoms with Crippen LogP contribution in [0, 0.1) is 5.41 Å². The summed E-state index contributed by atoms with van der Waals surface area (Å²) in [5.41, 5.74) is 4.25. The van der Waals surface area contributed by atoms with Crippen molar-refractivity contribution in [2.75, 3.05) is 0 Å². The van der Waals surface area contributed by atoms with Crippen molar-refractivity contribution in [3.63, 3.8) is 0 Å². The summed E-state index contributed by atoms with van der Waals surface area (Å²) >= 11 is 0. The third-order valence-corrected chi connectivity index (χ3v) is 4.63. The fourth-order valence-corrected chi connectivity index (χ4v) is 3.19. The molecule has 0 radical (unpaired) electrons. The predicted octanol–water partition coefficient (Wildman–Crippen LogP) is 5.27. The molecule has 0 amide bonds. The van der Waals surface area contributed by atoms with E-state index in [1.807, 2.05) is 84.9 Å². The molecule has 3 aromatic rings. The monoisotopic (exact) mass is 368 g/mol. The van der Waals surface area contributed by atoms with Gasteiger partial charge in [0.15, 0.2) is 11.9 Å². The van der Waals surface area contributed by atoms with Gasteiger partial charge in [0.1, 0.15) is 5.76 Å². The average molecular weight is 368 g/mol. The first-order chi connectivity index (χ1) is 13.7. The molecule has 4 rings (SSSR count). The van der Waals surface area contributed by atoms with E-state index in [-0.39, 0.29) is 11.6 Å². The van der Waals surface area contributed by atoms with Crippen LogP contribution in [0.4, 0.5) is 0 Å². The van der Waals surface area contributed by atoms with Gasteiger partial charge in [-0.05, 0) is 28.3 Å². The van der Waals surface area contributed by atoms with Crippen LogP contribution >= 0.6 is 0 Å². The van der Waals surface area contributed by atoms with Gasteiger partial charge in [-0.3, -0.25) is 5.41 Å². The van der Waals surface area contributed by atoms with Gasteiger partial charge in [0.2, 0.25) is 0 Å². The normalized spacial score (nSPS) is 16.4. The Morgan fingerprint density at radius 2 is 1.46 bits per heavy atom. The summed E-state index contributed by atoms with van der Waals surface area (Å²) in [6.07, 6.45) is 0.801. The zero-order valence-corrected chi connectivity index (χ0v) is 15.2. The number of ether oxygens (including phenoxy) is 1. The molecule has 28 heavy (non-hydrogen) atoms. The summed E-state index contributed by atoms with van der Waals surface area (Å²) in [4.78, 5) is 4.15. The maximum Gasteiger partial charge on any atom is 0.155 e. The van der Waals surface area contributed by atoms with Crippen molar-refractivity contribution in [3.8, 4) is 11.1 Å². The lowest BCUT2D eigenvalue weighted by molar-refractivity contribution is 0.0821. The Morgan fingerprint density at radius 1 is 0.821 bits per heavy atom. The maximum atomic E-state index is 10.8. The number of hydrogen-bond donors (Lipinski definition) is 2.